The van der Waals surface area contributed by atoms with E-state index in [-0.39, 0.29) is 18.3 Å². The molecule has 1 aromatic carbocycles. The van der Waals surface area contributed by atoms with Gasteiger partial charge in [0, 0.05) is 38.7 Å². The number of halogens is 1. The molecule has 0 atom stereocenters. The number of rotatable bonds is 4. The second-order valence-corrected chi connectivity index (χ2v) is 4.94. The molecule has 1 aliphatic rings. The summed E-state index contributed by atoms with van der Waals surface area (Å²) in [6.07, 6.45) is 4.02. The molecule has 1 heterocycles. The topological polar surface area (TPSA) is 58.6 Å². The van der Waals surface area contributed by atoms with Gasteiger partial charge in [-0.25, -0.2) is 4.39 Å². The minimum absolute atomic E-state index is 0.211. The van der Waals surface area contributed by atoms with E-state index >= 15 is 0 Å². The second kappa shape index (κ2) is 6.63. The van der Waals surface area contributed by atoms with E-state index in [1.54, 1.807) is 18.2 Å². The van der Waals surface area contributed by atoms with Crippen molar-refractivity contribution in [3.63, 3.8) is 0 Å². The first kappa shape index (κ1) is 14.7. The van der Waals surface area contributed by atoms with Crippen LogP contribution in [0.3, 0.4) is 0 Å². The summed E-state index contributed by atoms with van der Waals surface area (Å²) in [4.78, 5) is 11.7. The van der Waals surface area contributed by atoms with Gasteiger partial charge in [0.2, 0.25) is 5.91 Å². The van der Waals surface area contributed by atoms with E-state index < -0.39 is 5.60 Å². The molecule has 1 amide bonds. The molecule has 0 spiro atoms. The minimum atomic E-state index is -0.877. The molecule has 0 radical (unpaired) electrons. The molecule has 0 saturated carbocycles. The summed E-state index contributed by atoms with van der Waals surface area (Å²) in [7, 11) is 0. The van der Waals surface area contributed by atoms with Crippen molar-refractivity contribution >= 4 is 12.0 Å². The largest absolute Gasteiger partial charge is 0.388 e. The molecule has 0 bridgehead atoms. The van der Waals surface area contributed by atoms with Gasteiger partial charge in [-0.3, -0.25) is 4.79 Å². The second-order valence-electron chi connectivity index (χ2n) is 4.94. The first-order valence-corrected chi connectivity index (χ1v) is 6.59. The van der Waals surface area contributed by atoms with Crippen molar-refractivity contribution in [2.45, 2.75) is 18.4 Å². The Balaban J connectivity index is 1.81. The van der Waals surface area contributed by atoms with Gasteiger partial charge in [-0.15, -0.1) is 0 Å². The van der Waals surface area contributed by atoms with Gasteiger partial charge in [0.25, 0.3) is 0 Å². The van der Waals surface area contributed by atoms with Crippen molar-refractivity contribution < 1.29 is 19.0 Å². The van der Waals surface area contributed by atoms with Gasteiger partial charge in [0.1, 0.15) is 5.82 Å². The molecule has 108 valence electrons. The molecular formula is C15H18FNO3. The van der Waals surface area contributed by atoms with Gasteiger partial charge in [0.15, 0.2) is 0 Å². The minimum Gasteiger partial charge on any atom is -0.388 e. The summed E-state index contributed by atoms with van der Waals surface area (Å²) >= 11 is 0. The highest BCUT2D eigenvalue weighted by molar-refractivity contribution is 5.91. The molecule has 2 rings (SSSR count). The van der Waals surface area contributed by atoms with E-state index in [1.807, 2.05) is 0 Å². The van der Waals surface area contributed by atoms with E-state index in [2.05, 4.69) is 5.32 Å². The van der Waals surface area contributed by atoms with Crippen LogP contribution in [0.1, 0.15) is 18.4 Å². The Labute approximate surface area is 117 Å². The van der Waals surface area contributed by atoms with E-state index in [0.717, 1.165) is 5.56 Å². The summed E-state index contributed by atoms with van der Waals surface area (Å²) in [6.45, 7) is 1.23. The molecule has 0 aliphatic carbocycles. The number of hydrogen-bond donors (Lipinski definition) is 2. The summed E-state index contributed by atoms with van der Waals surface area (Å²) < 4.78 is 17.9. The fourth-order valence-corrected chi connectivity index (χ4v) is 1.98. The van der Waals surface area contributed by atoms with Gasteiger partial charge in [-0.2, -0.15) is 0 Å². The quantitative estimate of drug-likeness (QED) is 0.821. The average molecular weight is 279 g/mol. The first-order chi connectivity index (χ1) is 9.57. The lowest BCUT2D eigenvalue weighted by molar-refractivity contribution is -0.119. The van der Waals surface area contributed by atoms with Gasteiger partial charge in [0.05, 0.1) is 5.60 Å². The number of carbonyl (C=O) groups excluding carboxylic acids is 1. The van der Waals surface area contributed by atoms with Crippen LogP contribution in [0.15, 0.2) is 30.3 Å². The summed E-state index contributed by atoms with van der Waals surface area (Å²) in [5.41, 5.74) is -0.135. The SMILES string of the molecule is O=C(/C=C/c1ccc(F)cc1)NCC1(O)CCOCC1. The lowest BCUT2D eigenvalue weighted by atomic mass is 9.94. The maximum Gasteiger partial charge on any atom is 0.244 e. The summed E-state index contributed by atoms with van der Waals surface area (Å²) in [5.74, 6) is -0.595. The molecule has 0 unspecified atom stereocenters. The molecule has 1 aromatic rings. The van der Waals surface area contributed by atoms with Crippen molar-refractivity contribution in [2.24, 2.45) is 0 Å². The Morgan fingerprint density at radius 3 is 2.65 bits per heavy atom. The van der Waals surface area contributed by atoms with Gasteiger partial charge in [-0.1, -0.05) is 12.1 Å². The maximum atomic E-state index is 12.7. The Morgan fingerprint density at radius 2 is 2.00 bits per heavy atom. The highest BCUT2D eigenvalue weighted by Gasteiger charge is 2.29. The van der Waals surface area contributed by atoms with Crippen molar-refractivity contribution in [3.8, 4) is 0 Å². The zero-order chi connectivity index (χ0) is 14.4. The molecule has 1 saturated heterocycles. The number of aliphatic hydroxyl groups is 1. The summed E-state index contributed by atoms with van der Waals surface area (Å²) in [6, 6.07) is 5.85. The molecule has 0 aromatic heterocycles. The number of hydrogen-bond acceptors (Lipinski definition) is 3. The lowest BCUT2D eigenvalue weighted by Crippen LogP contribution is -2.46. The predicted octanol–water partition coefficient (Wildman–Crippen LogP) is 1.50. The monoisotopic (exact) mass is 279 g/mol. The van der Waals surface area contributed by atoms with E-state index in [0.29, 0.717) is 26.1 Å². The number of ether oxygens (including phenoxy) is 1. The van der Waals surface area contributed by atoms with Gasteiger partial charge < -0.3 is 15.2 Å². The summed E-state index contributed by atoms with van der Waals surface area (Å²) in [5, 5.41) is 12.8. The first-order valence-electron chi connectivity index (χ1n) is 6.59. The third-order valence-electron chi connectivity index (χ3n) is 3.31. The molecule has 4 nitrogen and oxygen atoms in total. The Bertz CT molecular complexity index is 478. The van der Waals surface area contributed by atoms with Crippen LogP contribution in [-0.2, 0) is 9.53 Å². The van der Waals surface area contributed by atoms with Crippen molar-refractivity contribution in [1.29, 1.82) is 0 Å². The third kappa shape index (κ3) is 4.43. The van der Waals surface area contributed by atoms with Crippen LogP contribution in [0.2, 0.25) is 0 Å². The van der Waals surface area contributed by atoms with Crippen LogP contribution in [0.4, 0.5) is 4.39 Å². The number of amides is 1. The van der Waals surface area contributed by atoms with Crippen LogP contribution >= 0.6 is 0 Å². The average Bonchev–Trinajstić information content (AvgIpc) is 2.45. The van der Waals surface area contributed by atoms with Crippen molar-refractivity contribution in [2.75, 3.05) is 19.8 Å². The number of carbonyl (C=O) groups is 1. The highest BCUT2D eigenvalue weighted by atomic mass is 19.1. The maximum absolute atomic E-state index is 12.7. The van der Waals surface area contributed by atoms with Crippen molar-refractivity contribution in [3.05, 3.63) is 41.7 Å². The molecule has 5 heteroatoms. The van der Waals surface area contributed by atoms with Crippen LogP contribution in [0.5, 0.6) is 0 Å². The lowest BCUT2D eigenvalue weighted by Gasteiger charge is -2.31. The van der Waals surface area contributed by atoms with Gasteiger partial charge in [-0.05, 0) is 23.8 Å². The standard InChI is InChI=1S/C15H18FNO3/c16-13-4-1-12(2-5-13)3-6-14(18)17-11-15(19)7-9-20-10-8-15/h1-6,19H,7-11H2,(H,17,18)/b6-3+. The van der Waals surface area contributed by atoms with E-state index in [9.17, 15) is 14.3 Å². The fourth-order valence-electron chi connectivity index (χ4n) is 1.98. The fraction of sp³-hybridized carbons (Fsp3) is 0.400. The number of nitrogens with one attached hydrogen (secondary N) is 1. The molecule has 1 fully saturated rings. The number of benzene rings is 1. The third-order valence-corrected chi connectivity index (χ3v) is 3.31. The smallest absolute Gasteiger partial charge is 0.244 e. The predicted molar refractivity (Wildman–Crippen MR) is 73.4 cm³/mol. The molecule has 20 heavy (non-hydrogen) atoms. The van der Waals surface area contributed by atoms with Crippen molar-refractivity contribution in [1.82, 2.24) is 5.32 Å². The Morgan fingerprint density at radius 1 is 1.35 bits per heavy atom. The van der Waals surface area contributed by atoms with Crippen LogP contribution in [0, 0.1) is 5.82 Å². The van der Waals surface area contributed by atoms with E-state index in [1.165, 1.54) is 18.2 Å². The van der Waals surface area contributed by atoms with Crippen LogP contribution in [-0.4, -0.2) is 36.4 Å². The van der Waals surface area contributed by atoms with E-state index in [4.69, 9.17) is 4.74 Å². The Hall–Kier alpha value is -1.72. The van der Waals surface area contributed by atoms with Gasteiger partial charge >= 0.3 is 0 Å². The molecular weight excluding hydrogens is 261 g/mol. The molecule has 2 N–H and O–H groups in total. The Kier molecular flexibility index (Phi) is 4.87. The molecule has 1 aliphatic heterocycles. The van der Waals surface area contributed by atoms with Crippen LogP contribution < -0.4 is 5.32 Å². The zero-order valence-corrected chi connectivity index (χ0v) is 11.1. The highest BCUT2D eigenvalue weighted by Crippen LogP contribution is 2.19. The normalized spacial score (nSPS) is 18.1. The van der Waals surface area contributed by atoms with Crippen LogP contribution in [0.25, 0.3) is 6.08 Å². The zero-order valence-electron chi connectivity index (χ0n) is 11.1.